The van der Waals surface area contributed by atoms with Crippen LogP contribution in [0.2, 0.25) is 0 Å². The van der Waals surface area contributed by atoms with E-state index in [2.05, 4.69) is 10.0 Å². The molecule has 0 heterocycles. The van der Waals surface area contributed by atoms with E-state index < -0.39 is 8.80 Å². The second-order valence-corrected chi connectivity index (χ2v) is 5.21. The van der Waals surface area contributed by atoms with Crippen LogP contribution in [0, 0.1) is 0 Å². The van der Waals surface area contributed by atoms with E-state index in [0.29, 0.717) is 19.8 Å². The van der Waals surface area contributed by atoms with Gasteiger partial charge in [0.1, 0.15) is 13.0 Å². The maximum Gasteiger partial charge on any atom is 0.528 e. The fraction of sp³-hybridized carbons (Fsp3) is 1.00. The molecule has 0 saturated carbocycles. The Labute approximate surface area is 96.6 Å². The van der Waals surface area contributed by atoms with Crippen molar-refractivity contribution in [3.05, 3.63) is 10.4 Å². The van der Waals surface area contributed by atoms with E-state index >= 15 is 0 Å². The summed E-state index contributed by atoms with van der Waals surface area (Å²) in [5.74, 6) is 0. The molecule has 0 bridgehead atoms. The zero-order chi connectivity index (χ0) is 12.3. The summed E-state index contributed by atoms with van der Waals surface area (Å²) in [4.78, 5) is 2.59. The Bertz CT molecular complexity index is 206. The van der Waals surface area contributed by atoms with Crippen molar-refractivity contribution in [1.29, 1.82) is 0 Å². The Balaban J connectivity index is 4.27. The van der Waals surface area contributed by atoms with E-state index in [-0.39, 0.29) is 13.0 Å². The molecule has 0 unspecified atom stereocenters. The summed E-state index contributed by atoms with van der Waals surface area (Å²) >= 11 is 0. The Hall–Kier alpha value is -0.633. The van der Waals surface area contributed by atoms with Gasteiger partial charge in [-0.15, -0.1) is 0 Å². The van der Waals surface area contributed by atoms with Crippen LogP contribution in [0.5, 0.6) is 0 Å². The predicted octanol–water partition coefficient (Wildman–Crippen LogP) is 1.86. The molecule has 0 aliphatic rings. The zero-order valence-corrected chi connectivity index (χ0v) is 11.0. The molecule has 0 N–H and O–H groups in total. The van der Waals surface area contributed by atoms with E-state index in [1.165, 1.54) is 0 Å². The van der Waals surface area contributed by atoms with Crippen molar-refractivity contribution in [3.8, 4) is 0 Å². The number of hydrogen-bond acceptors (Lipinski definition) is 5. The second-order valence-electron chi connectivity index (χ2n) is 2.69. The van der Waals surface area contributed by atoms with Crippen molar-refractivity contribution >= 4 is 8.80 Å². The average molecular weight is 249 g/mol. The van der Waals surface area contributed by atoms with Crippen LogP contribution in [0.3, 0.4) is 0 Å². The van der Waals surface area contributed by atoms with Gasteiger partial charge in [0.05, 0.1) is 0 Å². The van der Waals surface area contributed by atoms with Gasteiger partial charge in [-0.2, -0.15) is 0 Å². The van der Waals surface area contributed by atoms with Gasteiger partial charge in [0.15, 0.2) is 0 Å². The van der Waals surface area contributed by atoms with Crippen molar-refractivity contribution in [2.45, 2.75) is 20.8 Å². The van der Waals surface area contributed by atoms with Gasteiger partial charge < -0.3 is 18.0 Å². The molecule has 0 aromatic carbocycles. The largest absolute Gasteiger partial charge is 0.528 e. The summed E-state index contributed by atoms with van der Waals surface area (Å²) in [6.45, 7) is 7.05. The average Bonchev–Trinajstić information content (AvgIpc) is 2.26. The second kappa shape index (κ2) is 9.58. The van der Waals surface area contributed by atoms with Gasteiger partial charge >= 0.3 is 8.80 Å². The van der Waals surface area contributed by atoms with Crippen molar-refractivity contribution in [2.24, 2.45) is 5.11 Å². The van der Waals surface area contributed by atoms with Crippen LogP contribution < -0.4 is 0 Å². The summed E-state index contributed by atoms with van der Waals surface area (Å²) in [5, 5.41) is 3.27. The van der Waals surface area contributed by atoms with E-state index in [0.717, 1.165) is 0 Å². The monoisotopic (exact) mass is 249 g/mol. The van der Waals surface area contributed by atoms with E-state index in [4.69, 9.17) is 23.5 Å². The minimum atomic E-state index is -2.75. The molecule has 8 heteroatoms. The van der Waals surface area contributed by atoms with Crippen LogP contribution in [0.15, 0.2) is 5.11 Å². The van der Waals surface area contributed by atoms with Crippen LogP contribution in [0.4, 0.5) is 0 Å². The quantitative estimate of drug-likeness (QED) is 0.194. The SMILES string of the molecule is CCO[Si](COCN=[N+]=[N-])(OCC)OCC. The lowest BCUT2D eigenvalue weighted by Gasteiger charge is -2.27. The standard InChI is InChI=1S/C8H19N3O4Si/c1-4-13-16(14-5-2,15-6-3)8-12-7-10-11-9/h4-8H2,1-3H3. The highest BCUT2D eigenvalue weighted by atomic mass is 28.4. The molecule has 0 rings (SSSR count). The van der Waals surface area contributed by atoms with E-state index in [1.807, 2.05) is 20.8 Å². The fourth-order valence-electron chi connectivity index (χ4n) is 1.15. The molecule has 0 fully saturated rings. The van der Waals surface area contributed by atoms with E-state index in [9.17, 15) is 0 Å². The van der Waals surface area contributed by atoms with Crippen molar-refractivity contribution < 1.29 is 18.0 Å². The lowest BCUT2D eigenvalue weighted by atomic mass is 10.9. The van der Waals surface area contributed by atoms with Gasteiger partial charge in [0.2, 0.25) is 0 Å². The first-order valence-corrected chi connectivity index (χ1v) is 7.18. The number of hydrogen-bond donors (Lipinski definition) is 0. The Morgan fingerprint density at radius 3 is 1.94 bits per heavy atom. The smallest absolute Gasteiger partial charge is 0.372 e. The van der Waals surface area contributed by atoms with Crippen molar-refractivity contribution in [1.82, 2.24) is 0 Å². The molecule has 7 nitrogen and oxygen atoms in total. The number of ether oxygens (including phenoxy) is 1. The number of nitrogens with zero attached hydrogens (tertiary/aromatic N) is 3. The highest BCUT2D eigenvalue weighted by molar-refractivity contribution is 6.60. The maximum atomic E-state index is 8.10. The van der Waals surface area contributed by atoms with Gasteiger partial charge in [0.25, 0.3) is 0 Å². The van der Waals surface area contributed by atoms with Gasteiger partial charge in [0, 0.05) is 24.7 Å². The normalized spacial score (nSPS) is 11.2. The third kappa shape index (κ3) is 6.06. The number of azide groups is 1. The molecule has 0 saturated heterocycles. The molecule has 16 heavy (non-hydrogen) atoms. The zero-order valence-electron chi connectivity index (χ0n) is 10.0. The number of rotatable bonds is 10. The van der Waals surface area contributed by atoms with Crippen LogP contribution in [-0.4, -0.2) is 41.6 Å². The third-order valence-corrected chi connectivity index (χ3v) is 4.33. The first-order valence-electron chi connectivity index (χ1n) is 5.25. The molecule has 0 aromatic rings. The molecule has 94 valence electrons. The molecular weight excluding hydrogens is 230 g/mol. The highest BCUT2D eigenvalue weighted by Gasteiger charge is 2.41. The molecule has 0 radical (unpaired) electrons. The van der Waals surface area contributed by atoms with Gasteiger partial charge in [-0.3, -0.25) is 0 Å². The minimum absolute atomic E-state index is 0.0432. The third-order valence-electron chi connectivity index (χ3n) is 1.58. The van der Waals surface area contributed by atoms with Crippen LogP contribution in [-0.2, 0) is 18.0 Å². The Morgan fingerprint density at radius 2 is 1.56 bits per heavy atom. The van der Waals surface area contributed by atoms with E-state index in [1.54, 1.807) is 0 Å². The minimum Gasteiger partial charge on any atom is -0.372 e. The highest BCUT2D eigenvalue weighted by Crippen LogP contribution is 2.10. The first kappa shape index (κ1) is 15.4. The summed E-state index contributed by atoms with van der Waals surface area (Å²) in [7, 11) is -2.75. The van der Waals surface area contributed by atoms with Gasteiger partial charge in [-0.25, -0.2) is 0 Å². The van der Waals surface area contributed by atoms with Crippen molar-refractivity contribution in [3.63, 3.8) is 0 Å². The Morgan fingerprint density at radius 1 is 1.06 bits per heavy atom. The summed E-state index contributed by atoms with van der Waals surface area (Å²) in [5.41, 5.74) is 8.10. The topological polar surface area (TPSA) is 85.7 Å². The summed E-state index contributed by atoms with van der Waals surface area (Å²) in [6, 6.07) is 0. The maximum absolute atomic E-state index is 8.10. The summed E-state index contributed by atoms with van der Waals surface area (Å²) < 4.78 is 21.7. The lowest BCUT2D eigenvalue weighted by molar-refractivity contribution is 0.0315. The van der Waals surface area contributed by atoms with Crippen molar-refractivity contribution in [2.75, 3.05) is 32.8 Å². The lowest BCUT2D eigenvalue weighted by Crippen LogP contribution is -2.50. The summed E-state index contributed by atoms with van der Waals surface area (Å²) in [6.07, 6.45) is 0.196. The van der Waals surface area contributed by atoms with Crippen LogP contribution in [0.1, 0.15) is 20.8 Å². The first-order chi connectivity index (χ1) is 7.74. The Kier molecular flexibility index (Phi) is 9.20. The predicted molar refractivity (Wildman–Crippen MR) is 60.6 cm³/mol. The molecule has 0 aliphatic heterocycles. The molecular formula is C8H19N3O4Si. The van der Waals surface area contributed by atoms with Gasteiger partial charge in [-0.1, -0.05) is 5.11 Å². The van der Waals surface area contributed by atoms with Crippen LogP contribution >= 0.6 is 0 Å². The van der Waals surface area contributed by atoms with Crippen LogP contribution in [0.25, 0.3) is 10.4 Å². The molecule has 0 aliphatic carbocycles. The fourth-order valence-corrected chi connectivity index (χ4v) is 3.31. The molecule has 0 atom stereocenters. The molecule has 0 amide bonds. The van der Waals surface area contributed by atoms with Gasteiger partial charge in [-0.05, 0) is 26.3 Å². The molecule has 0 aromatic heterocycles. The molecule has 0 spiro atoms.